The summed E-state index contributed by atoms with van der Waals surface area (Å²) < 4.78 is 0. The van der Waals surface area contributed by atoms with Crippen LogP contribution >= 0.6 is 11.6 Å². The molecule has 2 nitrogen and oxygen atoms in total. The lowest BCUT2D eigenvalue weighted by Gasteiger charge is -2.26. The molecule has 0 amide bonds. The van der Waals surface area contributed by atoms with E-state index in [2.05, 4.69) is 23.6 Å². The van der Waals surface area contributed by atoms with Crippen LogP contribution in [0.2, 0.25) is 5.02 Å². The first-order valence-corrected chi connectivity index (χ1v) is 6.86. The van der Waals surface area contributed by atoms with E-state index < -0.39 is 0 Å². The fraction of sp³-hybridized carbons (Fsp3) is 0.571. The third-order valence-corrected chi connectivity index (χ3v) is 3.80. The molecule has 1 saturated heterocycles. The van der Waals surface area contributed by atoms with E-state index >= 15 is 0 Å². The quantitative estimate of drug-likeness (QED) is 0.860. The zero-order chi connectivity index (χ0) is 12.1. The molecule has 0 aliphatic carbocycles. The van der Waals surface area contributed by atoms with Gasteiger partial charge < -0.3 is 10.6 Å². The molecule has 1 aliphatic heterocycles. The van der Waals surface area contributed by atoms with E-state index in [0.29, 0.717) is 12.1 Å². The summed E-state index contributed by atoms with van der Waals surface area (Å²) >= 11 is 6.19. The molecule has 1 aliphatic rings. The molecule has 2 rings (SSSR count). The Morgan fingerprint density at radius 2 is 2.24 bits per heavy atom. The molecule has 2 N–H and O–H groups in total. The first-order chi connectivity index (χ1) is 8.27. The Hall–Kier alpha value is -0.570. The third kappa shape index (κ3) is 3.70. The second-order valence-electron chi connectivity index (χ2n) is 4.80. The maximum atomic E-state index is 6.19. The van der Waals surface area contributed by atoms with Crippen molar-refractivity contribution in [2.45, 2.75) is 38.3 Å². The SMILES string of the molecule is C[C@H](NCC1CCCCN1)c1ccccc1Cl. The predicted molar refractivity (Wildman–Crippen MR) is 73.5 cm³/mol. The molecule has 0 radical (unpaired) electrons. The lowest BCUT2D eigenvalue weighted by molar-refractivity contribution is 0.371. The van der Waals surface area contributed by atoms with Gasteiger partial charge in [-0.1, -0.05) is 36.2 Å². The predicted octanol–water partition coefficient (Wildman–Crippen LogP) is 3.13. The minimum absolute atomic E-state index is 0.312. The second-order valence-corrected chi connectivity index (χ2v) is 5.21. The van der Waals surface area contributed by atoms with Gasteiger partial charge >= 0.3 is 0 Å². The van der Waals surface area contributed by atoms with Gasteiger partial charge in [-0.3, -0.25) is 0 Å². The third-order valence-electron chi connectivity index (χ3n) is 3.45. The largest absolute Gasteiger partial charge is 0.313 e. The maximum Gasteiger partial charge on any atom is 0.0453 e. The smallest absolute Gasteiger partial charge is 0.0453 e. The molecule has 1 unspecified atom stereocenters. The number of nitrogens with one attached hydrogen (secondary N) is 2. The van der Waals surface area contributed by atoms with Crippen molar-refractivity contribution in [2.75, 3.05) is 13.1 Å². The summed E-state index contributed by atoms with van der Waals surface area (Å²) in [5, 5.41) is 7.96. The Labute approximate surface area is 109 Å². The van der Waals surface area contributed by atoms with Crippen LogP contribution in [0.4, 0.5) is 0 Å². The van der Waals surface area contributed by atoms with E-state index in [9.17, 15) is 0 Å². The lowest BCUT2D eigenvalue weighted by Crippen LogP contribution is -2.42. The van der Waals surface area contributed by atoms with Crippen molar-refractivity contribution in [3.05, 3.63) is 34.9 Å². The molecule has 0 aromatic heterocycles. The molecule has 3 heteroatoms. The second kappa shape index (κ2) is 6.39. The zero-order valence-electron chi connectivity index (χ0n) is 10.4. The molecule has 1 aromatic carbocycles. The number of rotatable bonds is 4. The number of halogens is 1. The van der Waals surface area contributed by atoms with Crippen molar-refractivity contribution in [3.8, 4) is 0 Å². The van der Waals surface area contributed by atoms with Crippen LogP contribution in [0.25, 0.3) is 0 Å². The molecule has 1 fully saturated rings. The van der Waals surface area contributed by atoms with Crippen molar-refractivity contribution in [3.63, 3.8) is 0 Å². The number of hydrogen-bond donors (Lipinski definition) is 2. The Kier molecular flexibility index (Phi) is 4.84. The highest BCUT2D eigenvalue weighted by atomic mass is 35.5. The first kappa shape index (κ1) is 12.9. The Morgan fingerprint density at radius 1 is 1.41 bits per heavy atom. The van der Waals surface area contributed by atoms with Gasteiger partial charge in [0.1, 0.15) is 0 Å². The summed E-state index contributed by atoms with van der Waals surface area (Å²) in [6, 6.07) is 8.99. The summed E-state index contributed by atoms with van der Waals surface area (Å²) in [6.07, 6.45) is 3.94. The fourth-order valence-electron chi connectivity index (χ4n) is 2.35. The summed E-state index contributed by atoms with van der Waals surface area (Å²) in [6.45, 7) is 4.35. The number of benzene rings is 1. The molecule has 17 heavy (non-hydrogen) atoms. The van der Waals surface area contributed by atoms with Gasteiger partial charge in [-0.25, -0.2) is 0 Å². The van der Waals surface area contributed by atoms with Gasteiger partial charge in [0.25, 0.3) is 0 Å². The monoisotopic (exact) mass is 252 g/mol. The normalized spacial score (nSPS) is 22.4. The van der Waals surface area contributed by atoms with E-state index in [1.807, 2.05) is 18.2 Å². The minimum Gasteiger partial charge on any atom is -0.313 e. The molecule has 2 atom stereocenters. The van der Waals surface area contributed by atoms with Gasteiger partial charge in [-0.2, -0.15) is 0 Å². The van der Waals surface area contributed by atoms with Crippen LogP contribution in [0.1, 0.15) is 37.8 Å². The van der Waals surface area contributed by atoms with Crippen LogP contribution in [0.15, 0.2) is 24.3 Å². The van der Waals surface area contributed by atoms with Crippen molar-refractivity contribution in [1.82, 2.24) is 10.6 Å². The molecular formula is C14H21ClN2. The first-order valence-electron chi connectivity index (χ1n) is 6.48. The maximum absolute atomic E-state index is 6.19. The lowest BCUT2D eigenvalue weighted by atomic mass is 10.0. The van der Waals surface area contributed by atoms with Crippen LogP contribution in [0.5, 0.6) is 0 Å². The van der Waals surface area contributed by atoms with E-state index in [-0.39, 0.29) is 0 Å². The van der Waals surface area contributed by atoms with Crippen molar-refractivity contribution in [2.24, 2.45) is 0 Å². The standard InChI is InChI=1S/C14H21ClN2/c1-11(13-7-2-3-8-14(13)15)17-10-12-6-4-5-9-16-12/h2-3,7-8,11-12,16-17H,4-6,9-10H2,1H3/t11-,12?/m0/s1. The highest BCUT2D eigenvalue weighted by Crippen LogP contribution is 2.22. The Balaban J connectivity index is 1.84. The topological polar surface area (TPSA) is 24.1 Å². The van der Waals surface area contributed by atoms with Gasteiger partial charge in [0.2, 0.25) is 0 Å². The van der Waals surface area contributed by atoms with Crippen LogP contribution in [0, 0.1) is 0 Å². The van der Waals surface area contributed by atoms with Crippen molar-refractivity contribution < 1.29 is 0 Å². The van der Waals surface area contributed by atoms with Crippen LogP contribution in [-0.4, -0.2) is 19.1 Å². The molecular weight excluding hydrogens is 232 g/mol. The fourth-order valence-corrected chi connectivity index (χ4v) is 2.65. The number of hydrogen-bond acceptors (Lipinski definition) is 2. The Morgan fingerprint density at radius 3 is 2.94 bits per heavy atom. The molecule has 1 heterocycles. The van der Waals surface area contributed by atoms with Gasteiger partial charge in [0.05, 0.1) is 0 Å². The van der Waals surface area contributed by atoms with Gasteiger partial charge in [0.15, 0.2) is 0 Å². The van der Waals surface area contributed by atoms with Crippen molar-refractivity contribution in [1.29, 1.82) is 0 Å². The zero-order valence-corrected chi connectivity index (χ0v) is 11.1. The van der Waals surface area contributed by atoms with Gasteiger partial charge in [-0.15, -0.1) is 0 Å². The Bertz CT molecular complexity index is 348. The summed E-state index contributed by atoms with van der Waals surface area (Å²) in [7, 11) is 0. The minimum atomic E-state index is 0.312. The van der Waals surface area contributed by atoms with Crippen LogP contribution < -0.4 is 10.6 Å². The summed E-state index contributed by atoms with van der Waals surface area (Å²) in [5.74, 6) is 0. The molecule has 94 valence electrons. The molecule has 0 spiro atoms. The van der Waals surface area contributed by atoms with Crippen LogP contribution in [-0.2, 0) is 0 Å². The summed E-state index contributed by atoms with van der Waals surface area (Å²) in [5.41, 5.74) is 1.19. The van der Waals surface area contributed by atoms with Gasteiger partial charge in [0, 0.05) is 23.7 Å². The van der Waals surface area contributed by atoms with E-state index in [1.54, 1.807) is 0 Å². The highest BCUT2D eigenvalue weighted by Gasteiger charge is 2.14. The molecule has 0 bridgehead atoms. The average molecular weight is 253 g/mol. The van der Waals surface area contributed by atoms with Gasteiger partial charge in [-0.05, 0) is 37.9 Å². The highest BCUT2D eigenvalue weighted by molar-refractivity contribution is 6.31. The van der Waals surface area contributed by atoms with E-state index in [0.717, 1.165) is 18.1 Å². The van der Waals surface area contributed by atoms with E-state index in [4.69, 9.17) is 11.6 Å². The summed E-state index contributed by atoms with van der Waals surface area (Å²) in [4.78, 5) is 0. The average Bonchev–Trinajstić information content (AvgIpc) is 2.38. The molecule has 0 saturated carbocycles. The molecule has 1 aromatic rings. The van der Waals surface area contributed by atoms with E-state index in [1.165, 1.54) is 24.8 Å². The van der Waals surface area contributed by atoms with Crippen LogP contribution in [0.3, 0.4) is 0 Å². The van der Waals surface area contributed by atoms with Crippen molar-refractivity contribution >= 4 is 11.6 Å². The number of piperidine rings is 1.